The maximum Gasteiger partial charge on any atom is 0.410 e. The van der Waals surface area contributed by atoms with Crippen molar-refractivity contribution in [2.24, 2.45) is 0 Å². The first-order chi connectivity index (χ1) is 16.1. The van der Waals surface area contributed by atoms with Crippen molar-refractivity contribution in [3.8, 4) is 6.07 Å². The zero-order valence-electron chi connectivity index (χ0n) is 18.5. The Hall–Kier alpha value is -3.35. The molecule has 4 rings (SSSR count). The van der Waals surface area contributed by atoms with Gasteiger partial charge in [-0.3, -0.25) is 4.79 Å². The van der Waals surface area contributed by atoms with E-state index in [1.54, 1.807) is 17.9 Å². The predicted molar refractivity (Wildman–Crippen MR) is 127 cm³/mol. The first-order valence-electron chi connectivity index (χ1n) is 11.0. The van der Waals surface area contributed by atoms with E-state index in [-0.39, 0.29) is 12.0 Å². The maximum atomic E-state index is 12.7. The van der Waals surface area contributed by atoms with Crippen LogP contribution in [0.3, 0.4) is 0 Å². The molecule has 0 aliphatic carbocycles. The van der Waals surface area contributed by atoms with Gasteiger partial charge in [0.2, 0.25) is 5.91 Å². The van der Waals surface area contributed by atoms with Gasteiger partial charge in [0, 0.05) is 36.3 Å². The summed E-state index contributed by atoms with van der Waals surface area (Å²) >= 11 is 1.34. The number of hydrogen-bond acceptors (Lipinski definition) is 7. The number of fused-ring (bicyclic) bond motifs is 1. The largest absolute Gasteiger partial charge is 0.450 e. The van der Waals surface area contributed by atoms with E-state index in [1.807, 2.05) is 24.3 Å². The number of amides is 2. The number of rotatable bonds is 5. The number of carbonyl (C=O) groups excluding carboxylic acids is 2. The van der Waals surface area contributed by atoms with Crippen LogP contribution in [0.15, 0.2) is 30.3 Å². The molecule has 1 aromatic carbocycles. The van der Waals surface area contributed by atoms with E-state index in [1.165, 1.54) is 17.4 Å². The molecule has 2 aliphatic rings. The van der Waals surface area contributed by atoms with E-state index in [0.717, 1.165) is 34.8 Å². The molecule has 9 heteroatoms. The fraction of sp³-hybridized carbons (Fsp3) is 0.375. The Morgan fingerprint density at radius 2 is 2.06 bits per heavy atom. The second-order valence-electron chi connectivity index (χ2n) is 7.67. The summed E-state index contributed by atoms with van der Waals surface area (Å²) in [6, 6.07) is 10.2. The van der Waals surface area contributed by atoms with Crippen LogP contribution in [-0.2, 0) is 27.2 Å². The highest BCUT2D eigenvalue weighted by Crippen LogP contribution is 2.37. The summed E-state index contributed by atoms with van der Waals surface area (Å²) in [6.45, 7) is 5.95. The smallest absolute Gasteiger partial charge is 0.410 e. The Bertz CT molecular complexity index is 1100. The summed E-state index contributed by atoms with van der Waals surface area (Å²) < 4.78 is 10.5. The Morgan fingerprint density at radius 3 is 2.82 bits per heavy atom. The number of nitrogens with zero attached hydrogens (tertiary/aromatic N) is 3. The fourth-order valence-corrected chi connectivity index (χ4v) is 5.24. The van der Waals surface area contributed by atoms with Crippen molar-refractivity contribution < 1.29 is 19.1 Å². The number of nitriles is 1. The summed E-state index contributed by atoms with van der Waals surface area (Å²) in [5.74, 6) is -0.302. The number of ether oxygens (including phenoxy) is 2. The van der Waals surface area contributed by atoms with Crippen molar-refractivity contribution in [2.75, 3.05) is 49.7 Å². The standard InChI is InChI=1S/C24H26N4O4S/c1-2-32-24(30)28-10-9-18-19(15-25)23(33-21(18)16-28)26-22(29)8-7-17-5-3-4-6-20(17)27-11-13-31-14-12-27/h3-8H,2,9-14,16H2,1H3,(H,26,29)/b8-7+. The van der Waals surface area contributed by atoms with Crippen molar-refractivity contribution >= 4 is 40.1 Å². The van der Waals surface area contributed by atoms with Crippen LogP contribution in [0, 0.1) is 11.3 Å². The van der Waals surface area contributed by atoms with Gasteiger partial charge in [0.15, 0.2) is 0 Å². The lowest BCUT2D eigenvalue weighted by Crippen LogP contribution is -2.36. The molecule has 1 saturated heterocycles. The molecule has 2 amide bonds. The van der Waals surface area contributed by atoms with Gasteiger partial charge < -0.3 is 24.6 Å². The van der Waals surface area contributed by atoms with Gasteiger partial charge in [-0.2, -0.15) is 5.26 Å². The highest BCUT2D eigenvalue weighted by molar-refractivity contribution is 7.16. The lowest BCUT2D eigenvalue weighted by Gasteiger charge is -2.30. The van der Waals surface area contributed by atoms with E-state index in [4.69, 9.17) is 9.47 Å². The highest BCUT2D eigenvalue weighted by atomic mass is 32.1. The number of morpholine rings is 1. The third kappa shape index (κ3) is 5.18. The number of hydrogen-bond donors (Lipinski definition) is 1. The molecule has 0 bridgehead atoms. The summed E-state index contributed by atoms with van der Waals surface area (Å²) in [6.07, 6.45) is 3.49. The van der Waals surface area contributed by atoms with Gasteiger partial charge in [-0.15, -0.1) is 11.3 Å². The molecule has 33 heavy (non-hydrogen) atoms. The van der Waals surface area contributed by atoms with E-state index in [9.17, 15) is 14.9 Å². The van der Waals surface area contributed by atoms with Crippen molar-refractivity contribution in [3.05, 3.63) is 51.9 Å². The Kier molecular flexibility index (Phi) is 7.27. The molecule has 1 aromatic heterocycles. The molecular weight excluding hydrogens is 440 g/mol. The number of nitrogens with one attached hydrogen (secondary N) is 1. The average molecular weight is 467 g/mol. The van der Waals surface area contributed by atoms with Crippen LogP contribution in [0.5, 0.6) is 0 Å². The van der Waals surface area contributed by atoms with Crippen molar-refractivity contribution in [1.82, 2.24) is 4.90 Å². The SMILES string of the molecule is CCOC(=O)N1CCc2c(sc(NC(=O)/C=C/c3ccccc3N3CCOCC3)c2C#N)C1. The van der Waals surface area contributed by atoms with Gasteiger partial charge in [0.1, 0.15) is 11.1 Å². The number of carbonyl (C=O) groups is 2. The van der Waals surface area contributed by atoms with Crippen molar-refractivity contribution in [1.29, 1.82) is 5.26 Å². The summed E-state index contributed by atoms with van der Waals surface area (Å²) in [5, 5.41) is 13.1. The second-order valence-corrected chi connectivity index (χ2v) is 8.78. The van der Waals surface area contributed by atoms with Gasteiger partial charge in [-0.1, -0.05) is 18.2 Å². The third-order valence-corrected chi connectivity index (χ3v) is 6.77. The van der Waals surface area contributed by atoms with Crippen LogP contribution in [0.1, 0.15) is 28.5 Å². The van der Waals surface area contributed by atoms with Crippen LogP contribution in [0.25, 0.3) is 6.08 Å². The van der Waals surface area contributed by atoms with Crippen molar-refractivity contribution in [3.63, 3.8) is 0 Å². The van der Waals surface area contributed by atoms with Crippen LogP contribution in [0.4, 0.5) is 15.5 Å². The van der Waals surface area contributed by atoms with E-state index in [2.05, 4.69) is 16.3 Å². The summed E-state index contributed by atoms with van der Waals surface area (Å²) in [7, 11) is 0. The second kappa shape index (κ2) is 10.5. The molecule has 172 valence electrons. The van der Waals surface area contributed by atoms with Gasteiger partial charge in [0.25, 0.3) is 0 Å². The predicted octanol–water partition coefficient (Wildman–Crippen LogP) is 3.62. The monoisotopic (exact) mass is 466 g/mol. The molecule has 0 saturated carbocycles. The molecule has 2 aliphatic heterocycles. The average Bonchev–Trinajstić information content (AvgIpc) is 3.19. The zero-order chi connectivity index (χ0) is 23.2. The molecule has 2 aromatic rings. The lowest BCUT2D eigenvalue weighted by atomic mass is 10.0. The zero-order valence-corrected chi connectivity index (χ0v) is 19.3. The maximum absolute atomic E-state index is 12.7. The van der Waals surface area contributed by atoms with Crippen LogP contribution in [0.2, 0.25) is 0 Å². The van der Waals surface area contributed by atoms with Gasteiger partial charge in [-0.25, -0.2) is 4.79 Å². The van der Waals surface area contributed by atoms with Crippen molar-refractivity contribution in [2.45, 2.75) is 19.9 Å². The summed E-state index contributed by atoms with van der Waals surface area (Å²) in [5.41, 5.74) is 3.40. The van der Waals surface area contributed by atoms with Gasteiger partial charge in [0.05, 0.1) is 31.9 Å². The minimum atomic E-state index is -0.359. The number of thiophene rings is 1. The van der Waals surface area contributed by atoms with Gasteiger partial charge in [-0.05, 0) is 36.6 Å². The first-order valence-corrected chi connectivity index (χ1v) is 11.8. The van der Waals surface area contributed by atoms with E-state index in [0.29, 0.717) is 49.9 Å². The molecular formula is C24H26N4O4S. The molecule has 3 heterocycles. The van der Waals surface area contributed by atoms with E-state index < -0.39 is 0 Å². The van der Waals surface area contributed by atoms with E-state index >= 15 is 0 Å². The number of benzene rings is 1. The van der Waals surface area contributed by atoms with Crippen LogP contribution >= 0.6 is 11.3 Å². The van der Waals surface area contributed by atoms with Gasteiger partial charge >= 0.3 is 6.09 Å². The fourth-order valence-electron chi connectivity index (χ4n) is 4.02. The molecule has 1 fully saturated rings. The first kappa shape index (κ1) is 22.8. The minimum absolute atomic E-state index is 0.302. The Morgan fingerprint density at radius 1 is 1.27 bits per heavy atom. The molecule has 1 N–H and O–H groups in total. The third-order valence-electron chi connectivity index (χ3n) is 5.63. The molecule has 0 unspecified atom stereocenters. The Balaban J connectivity index is 1.47. The molecule has 8 nitrogen and oxygen atoms in total. The number of anilines is 2. The normalized spacial score (nSPS) is 15.8. The highest BCUT2D eigenvalue weighted by Gasteiger charge is 2.28. The number of para-hydroxylation sites is 1. The molecule has 0 radical (unpaired) electrons. The van der Waals surface area contributed by atoms with Crippen LogP contribution in [-0.4, -0.2) is 56.4 Å². The molecule has 0 atom stereocenters. The topological polar surface area (TPSA) is 94.9 Å². The summed E-state index contributed by atoms with van der Waals surface area (Å²) in [4.78, 5) is 29.5. The Labute approximate surface area is 197 Å². The quantitative estimate of drug-likeness (QED) is 0.677. The molecule has 0 spiro atoms. The van der Waals surface area contributed by atoms with Crippen LogP contribution < -0.4 is 10.2 Å². The minimum Gasteiger partial charge on any atom is -0.450 e. The lowest BCUT2D eigenvalue weighted by molar-refractivity contribution is -0.111.